The number of hydrogen-bond acceptors (Lipinski definition) is 4. The lowest BCUT2D eigenvalue weighted by atomic mass is 10.2. The van der Waals surface area contributed by atoms with Crippen LogP contribution in [0.3, 0.4) is 0 Å². The molecular weight excluding hydrogens is 274 g/mol. The molecule has 0 aliphatic rings. The Hall–Kier alpha value is -2.01. The molecule has 0 aliphatic carbocycles. The zero-order valence-electron chi connectivity index (χ0n) is 11.1. The van der Waals surface area contributed by atoms with Crippen molar-refractivity contribution in [3.63, 3.8) is 0 Å². The van der Waals surface area contributed by atoms with Gasteiger partial charge in [0.25, 0.3) is 0 Å². The van der Waals surface area contributed by atoms with Crippen LogP contribution in [-0.4, -0.2) is 28.4 Å². The van der Waals surface area contributed by atoms with Crippen LogP contribution < -0.4 is 4.74 Å². The first-order valence-electron chi connectivity index (χ1n) is 6.17. The number of rotatable bonds is 6. The maximum atomic E-state index is 10.8. The van der Waals surface area contributed by atoms with Gasteiger partial charge in [-0.15, -0.1) is 11.8 Å². The van der Waals surface area contributed by atoms with Gasteiger partial charge >= 0.3 is 5.97 Å². The number of hydrogen-bond donors (Lipinski definition) is 1. The molecule has 0 amide bonds. The summed E-state index contributed by atoms with van der Waals surface area (Å²) in [6.45, 7) is 2.58. The van der Waals surface area contributed by atoms with E-state index < -0.39 is 5.97 Å². The number of benzene rings is 1. The molecule has 0 atom stereocenters. The van der Waals surface area contributed by atoms with Gasteiger partial charge in [-0.2, -0.15) is 0 Å². The van der Waals surface area contributed by atoms with Gasteiger partial charge in [-0.3, -0.25) is 0 Å². The van der Waals surface area contributed by atoms with Gasteiger partial charge in [0.1, 0.15) is 5.75 Å². The Morgan fingerprint density at radius 1 is 1.30 bits per heavy atom. The standard InChI is InChI=1S/C15H15NO3S/c1-11-2-4-13(5-3-11)19-8-9-20-14-10-12(15(17)18)6-7-16-14/h2-7,10H,8-9H2,1H3,(H,17,18). The van der Waals surface area contributed by atoms with Crippen LogP contribution in [-0.2, 0) is 0 Å². The van der Waals surface area contributed by atoms with Crippen molar-refractivity contribution in [1.29, 1.82) is 0 Å². The van der Waals surface area contributed by atoms with Gasteiger partial charge in [-0.05, 0) is 31.2 Å². The van der Waals surface area contributed by atoms with Crippen LogP contribution in [0, 0.1) is 6.92 Å². The highest BCUT2D eigenvalue weighted by Gasteiger charge is 2.04. The van der Waals surface area contributed by atoms with E-state index in [0.717, 1.165) is 5.75 Å². The summed E-state index contributed by atoms with van der Waals surface area (Å²) >= 11 is 1.47. The lowest BCUT2D eigenvalue weighted by molar-refractivity contribution is 0.0696. The maximum Gasteiger partial charge on any atom is 0.335 e. The van der Waals surface area contributed by atoms with Gasteiger partial charge in [0.05, 0.1) is 17.2 Å². The highest BCUT2D eigenvalue weighted by atomic mass is 32.2. The molecule has 0 spiro atoms. The van der Waals surface area contributed by atoms with Crippen molar-refractivity contribution in [2.24, 2.45) is 0 Å². The first-order valence-corrected chi connectivity index (χ1v) is 7.15. The van der Waals surface area contributed by atoms with E-state index >= 15 is 0 Å². The Labute approximate surface area is 121 Å². The fraction of sp³-hybridized carbons (Fsp3) is 0.200. The molecule has 0 unspecified atom stereocenters. The van der Waals surface area contributed by atoms with Crippen molar-refractivity contribution in [2.45, 2.75) is 11.9 Å². The maximum absolute atomic E-state index is 10.8. The number of nitrogens with zero attached hydrogens (tertiary/aromatic N) is 1. The van der Waals surface area contributed by atoms with E-state index in [4.69, 9.17) is 9.84 Å². The third kappa shape index (κ3) is 4.28. The molecule has 2 rings (SSSR count). The Morgan fingerprint density at radius 2 is 2.05 bits per heavy atom. The van der Waals surface area contributed by atoms with Gasteiger partial charge < -0.3 is 9.84 Å². The molecule has 5 heteroatoms. The molecule has 0 aliphatic heterocycles. The average molecular weight is 289 g/mol. The number of pyridine rings is 1. The largest absolute Gasteiger partial charge is 0.493 e. The minimum Gasteiger partial charge on any atom is -0.493 e. The van der Waals surface area contributed by atoms with Crippen molar-refractivity contribution in [2.75, 3.05) is 12.4 Å². The quantitative estimate of drug-likeness (QED) is 0.653. The number of aromatic carboxylic acids is 1. The van der Waals surface area contributed by atoms with Crippen LogP contribution in [0.2, 0.25) is 0 Å². The van der Waals surface area contributed by atoms with Crippen molar-refractivity contribution < 1.29 is 14.6 Å². The fourth-order valence-electron chi connectivity index (χ4n) is 1.56. The van der Waals surface area contributed by atoms with Crippen molar-refractivity contribution >= 4 is 17.7 Å². The van der Waals surface area contributed by atoms with Crippen LogP contribution in [0.4, 0.5) is 0 Å². The van der Waals surface area contributed by atoms with Crippen molar-refractivity contribution in [3.05, 3.63) is 53.7 Å². The second-order valence-electron chi connectivity index (χ2n) is 4.20. The monoisotopic (exact) mass is 289 g/mol. The number of aryl methyl sites for hydroxylation is 1. The first kappa shape index (κ1) is 14.4. The number of carboxylic acids is 1. The van der Waals surface area contributed by atoms with E-state index in [1.807, 2.05) is 31.2 Å². The molecule has 0 saturated heterocycles. The van der Waals surface area contributed by atoms with Gasteiger partial charge in [0, 0.05) is 11.9 Å². The molecule has 20 heavy (non-hydrogen) atoms. The highest BCUT2D eigenvalue weighted by molar-refractivity contribution is 7.99. The molecule has 1 aromatic carbocycles. The summed E-state index contributed by atoms with van der Waals surface area (Å²) in [5.74, 6) is 0.609. The molecule has 0 radical (unpaired) electrons. The van der Waals surface area contributed by atoms with E-state index in [1.54, 1.807) is 6.07 Å². The summed E-state index contributed by atoms with van der Waals surface area (Å²) in [5.41, 5.74) is 1.45. The summed E-state index contributed by atoms with van der Waals surface area (Å²) < 4.78 is 5.60. The van der Waals surface area contributed by atoms with E-state index in [0.29, 0.717) is 17.4 Å². The molecule has 1 heterocycles. The molecule has 2 aromatic rings. The highest BCUT2D eigenvalue weighted by Crippen LogP contribution is 2.17. The molecule has 0 bridgehead atoms. The molecule has 104 valence electrons. The van der Waals surface area contributed by atoms with Crippen LogP contribution in [0.5, 0.6) is 5.75 Å². The minimum atomic E-state index is -0.940. The van der Waals surface area contributed by atoms with E-state index in [2.05, 4.69) is 4.98 Å². The van der Waals surface area contributed by atoms with Crippen LogP contribution >= 0.6 is 11.8 Å². The molecular formula is C15H15NO3S. The number of ether oxygens (including phenoxy) is 1. The van der Waals surface area contributed by atoms with E-state index in [9.17, 15) is 4.79 Å². The topological polar surface area (TPSA) is 59.4 Å². The fourth-order valence-corrected chi connectivity index (χ4v) is 2.28. The normalized spacial score (nSPS) is 10.2. The Kier molecular flexibility index (Phi) is 5.01. The van der Waals surface area contributed by atoms with Crippen LogP contribution in [0.25, 0.3) is 0 Å². The minimum absolute atomic E-state index is 0.252. The van der Waals surface area contributed by atoms with Crippen LogP contribution in [0.15, 0.2) is 47.6 Å². The van der Waals surface area contributed by atoms with Gasteiger partial charge in [0.15, 0.2) is 0 Å². The first-order chi connectivity index (χ1) is 9.65. The second kappa shape index (κ2) is 6.96. The lowest BCUT2D eigenvalue weighted by Crippen LogP contribution is -2.01. The number of aromatic nitrogens is 1. The van der Waals surface area contributed by atoms with Crippen LogP contribution in [0.1, 0.15) is 15.9 Å². The number of thioether (sulfide) groups is 1. The van der Waals surface area contributed by atoms with Gasteiger partial charge in [-0.1, -0.05) is 17.7 Å². The Bertz CT molecular complexity index is 584. The average Bonchev–Trinajstić information content (AvgIpc) is 2.46. The summed E-state index contributed by atoms with van der Waals surface area (Å²) in [6.07, 6.45) is 1.51. The van der Waals surface area contributed by atoms with Gasteiger partial charge in [0.2, 0.25) is 0 Å². The molecule has 4 nitrogen and oxygen atoms in total. The third-order valence-corrected chi connectivity index (χ3v) is 3.49. The molecule has 0 fully saturated rings. The zero-order valence-corrected chi connectivity index (χ0v) is 11.9. The SMILES string of the molecule is Cc1ccc(OCCSc2cc(C(=O)O)ccn2)cc1. The predicted molar refractivity (Wildman–Crippen MR) is 78.6 cm³/mol. The van der Waals surface area contributed by atoms with Crippen molar-refractivity contribution in [1.82, 2.24) is 4.98 Å². The zero-order chi connectivity index (χ0) is 14.4. The molecule has 1 aromatic heterocycles. The Balaban J connectivity index is 1.79. The number of carboxylic acid groups (broad SMARTS) is 1. The number of carbonyl (C=O) groups is 1. The molecule has 0 saturated carbocycles. The summed E-state index contributed by atoms with van der Waals surface area (Å²) in [5, 5.41) is 9.58. The summed E-state index contributed by atoms with van der Waals surface area (Å²) in [7, 11) is 0. The van der Waals surface area contributed by atoms with E-state index in [-0.39, 0.29) is 5.56 Å². The second-order valence-corrected chi connectivity index (χ2v) is 5.31. The third-order valence-electron chi connectivity index (χ3n) is 2.60. The summed E-state index contributed by atoms with van der Waals surface area (Å²) in [6, 6.07) is 10.9. The lowest BCUT2D eigenvalue weighted by Gasteiger charge is -2.06. The molecule has 1 N–H and O–H groups in total. The van der Waals surface area contributed by atoms with Crippen molar-refractivity contribution in [3.8, 4) is 5.75 Å². The predicted octanol–water partition coefficient (Wildman–Crippen LogP) is 3.26. The Morgan fingerprint density at radius 3 is 2.75 bits per heavy atom. The van der Waals surface area contributed by atoms with Gasteiger partial charge in [-0.25, -0.2) is 9.78 Å². The summed E-state index contributed by atoms with van der Waals surface area (Å²) in [4.78, 5) is 15.0. The smallest absolute Gasteiger partial charge is 0.335 e. The van der Waals surface area contributed by atoms with E-state index in [1.165, 1.54) is 29.6 Å².